The maximum atomic E-state index is 11.7. The lowest BCUT2D eigenvalue weighted by atomic mass is 10.0. The topological polar surface area (TPSA) is 87.7 Å². The Kier molecular flexibility index (Phi) is 3.42. The van der Waals surface area contributed by atoms with Crippen LogP contribution < -0.4 is 9.47 Å². The molecule has 4 rings (SSSR count). The zero-order valence-electron chi connectivity index (χ0n) is 12.5. The van der Waals surface area contributed by atoms with E-state index in [0.717, 1.165) is 29.2 Å². The Hall–Kier alpha value is -2.54. The number of fused-ring (bicyclic) bond motifs is 2. The summed E-state index contributed by atoms with van der Waals surface area (Å²) in [7, 11) is 0. The number of nitrogens with zero attached hydrogens (tertiary/aromatic N) is 2. The molecule has 7 nitrogen and oxygen atoms in total. The van der Waals surface area contributed by atoms with Gasteiger partial charge in [-0.3, -0.25) is 9.69 Å². The number of aliphatic carboxylic acids is 1. The van der Waals surface area contributed by atoms with Crippen molar-refractivity contribution in [1.82, 2.24) is 14.9 Å². The number of rotatable bonds is 3. The van der Waals surface area contributed by atoms with Crippen LogP contribution in [0.2, 0.25) is 0 Å². The van der Waals surface area contributed by atoms with Crippen LogP contribution in [0.5, 0.6) is 11.5 Å². The predicted octanol–water partition coefficient (Wildman–Crippen LogP) is 1.36. The summed E-state index contributed by atoms with van der Waals surface area (Å²) < 4.78 is 11.1. The van der Waals surface area contributed by atoms with Gasteiger partial charge in [0.15, 0.2) is 17.5 Å². The average Bonchev–Trinajstić information content (AvgIpc) is 3.02. The summed E-state index contributed by atoms with van der Waals surface area (Å²) in [4.78, 5) is 20.9. The number of aromatic nitrogens is 2. The molecule has 1 aromatic carbocycles. The first-order chi connectivity index (χ1) is 11.2. The van der Waals surface area contributed by atoms with Crippen molar-refractivity contribution in [3.8, 4) is 11.5 Å². The molecule has 0 fully saturated rings. The van der Waals surface area contributed by atoms with Crippen LogP contribution >= 0.6 is 0 Å². The Morgan fingerprint density at radius 3 is 3.00 bits per heavy atom. The minimum Gasteiger partial charge on any atom is -0.486 e. The van der Waals surface area contributed by atoms with Crippen molar-refractivity contribution in [2.24, 2.45) is 0 Å². The molecule has 0 bridgehead atoms. The van der Waals surface area contributed by atoms with Gasteiger partial charge in [0.2, 0.25) is 0 Å². The predicted molar refractivity (Wildman–Crippen MR) is 80.5 cm³/mol. The third kappa shape index (κ3) is 2.53. The third-order valence-electron chi connectivity index (χ3n) is 4.25. The van der Waals surface area contributed by atoms with Gasteiger partial charge in [-0.05, 0) is 17.7 Å². The van der Waals surface area contributed by atoms with E-state index in [-0.39, 0.29) is 0 Å². The van der Waals surface area contributed by atoms with Gasteiger partial charge in [0.1, 0.15) is 13.2 Å². The Morgan fingerprint density at radius 1 is 1.35 bits per heavy atom. The summed E-state index contributed by atoms with van der Waals surface area (Å²) in [6.07, 6.45) is 2.33. The minimum atomic E-state index is -0.879. The van der Waals surface area contributed by atoms with Crippen LogP contribution in [0, 0.1) is 0 Å². The number of hydrogen-bond donors (Lipinski definition) is 2. The Balaban J connectivity index is 1.59. The Labute approximate surface area is 132 Å². The smallest absolute Gasteiger partial charge is 0.327 e. The van der Waals surface area contributed by atoms with Gasteiger partial charge in [0, 0.05) is 25.2 Å². The highest BCUT2D eigenvalue weighted by Crippen LogP contribution is 2.33. The van der Waals surface area contributed by atoms with Crippen molar-refractivity contribution in [2.45, 2.75) is 19.0 Å². The fraction of sp³-hybridized carbons (Fsp3) is 0.375. The lowest BCUT2D eigenvalue weighted by molar-refractivity contribution is -0.144. The van der Waals surface area contributed by atoms with Gasteiger partial charge in [0.25, 0.3) is 0 Å². The van der Waals surface area contributed by atoms with Crippen LogP contribution in [0.4, 0.5) is 0 Å². The number of carboxylic acid groups (broad SMARTS) is 1. The monoisotopic (exact) mass is 315 g/mol. The van der Waals surface area contributed by atoms with Crippen molar-refractivity contribution >= 4 is 5.97 Å². The van der Waals surface area contributed by atoms with Crippen LogP contribution in [-0.4, -0.2) is 45.7 Å². The van der Waals surface area contributed by atoms with Crippen LogP contribution in [0.1, 0.15) is 23.0 Å². The number of benzene rings is 1. The first-order valence-corrected chi connectivity index (χ1v) is 7.60. The summed E-state index contributed by atoms with van der Waals surface area (Å²) in [5.74, 6) is 0.580. The lowest BCUT2D eigenvalue weighted by Crippen LogP contribution is -2.39. The molecule has 2 N–H and O–H groups in total. The highest BCUT2D eigenvalue weighted by Gasteiger charge is 2.35. The molecule has 2 aromatic rings. The van der Waals surface area contributed by atoms with E-state index in [1.807, 2.05) is 23.1 Å². The highest BCUT2D eigenvalue weighted by molar-refractivity contribution is 5.75. The molecule has 0 amide bonds. The maximum Gasteiger partial charge on any atom is 0.327 e. The molecule has 23 heavy (non-hydrogen) atoms. The summed E-state index contributed by atoms with van der Waals surface area (Å²) in [5.41, 5.74) is 2.52. The summed E-state index contributed by atoms with van der Waals surface area (Å²) in [5, 5.41) is 9.60. The molecule has 2 aliphatic rings. The van der Waals surface area contributed by atoms with Crippen LogP contribution in [0.15, 0.2) is 24.5 Å². The number of imidazole rings is 1. The van der Waals surface area contributed by atoms with E-state index in [0.29, 0.717) is 32.0 Å². The van der Waals surface area contributed by atoms with Gasteiger partial charge >= 0.3 is 5.97 Å². The molecular formula is C16H17N3O4. The number of carbonyl (C=O) groups is 1. The van der Waals surface area contributed by atoms with E-state index in [2.05, 4.69) is 9.97 Å². The van der Waals surface area contributed by atoms with E-state index in [1.54, 1.807) is 6.33 Å². The standard InChI is InChI=1S/C16H17N3O4/c20-16(21)15-14-11(17-9-18-14)3-4-19(15)8-10-1-2-12-13(7-10)23-6-5-22-12/h1-2,7,9,15H,3-6,8H2,(H,17,18)(H,20,21)/t15-/m0/s1. The van der Waals surface area contributed by atoms with E-state index in [9.17, 15) is 9.90 Å². The third-order valence-corrected chi connectivity index (χ3v) is 4.25. The second-order valence-corrected chi connectivity index (χ2v) is 5.71. The van der Waals surface area contributed by atoms with Gasteiger partial charge in [-0.2, -0.15) is 0 Å². The fourth-order valence-corrected chi connectivity index (χ4v) is 3.19. The lowest BCUT2D eigenvalue weighted by Gasteiger charge is -2.32. The highest BCUT2D eigenvalue weighted by atomic mass is 16.6. The van der Waals surface area contributed by atoms with Crippen LogP contribution in [0.25, 0.3) is 0 Å². The normalized spacial score (nSPS) is 20.1. The maximum absolute atomic E-state index is 11.7. The van der Waals surface area contributed by atoms with E-state index in [4.69, 9.17) is 9.47 Å². The van der Waals surface area contributed by atoms with Crippen molar-refractivity contribution in [3.05, 3.63) is 41.5 Å². The first-order valence-electron chi connectivity index (χ1n) is 7.60. The second kappa shape index (κ2) is 5.58. The Morgan fingerprint density at radius 2 is 2.17 bits per heavy atom. The number of hydrogen-bond acceptors (Lipinski definition) is 5. The molecule has 7 heteroatoms. The summed E-state index contributed by atoms with van der Waals surface area (Å²) in [6.45, 7) is 2.29. The van der Waals surface area contributed by atoms with E-state index < -0.39 is 12.0 Å². The number of ether oxygens (including phenoxy) is 2. The molecule has 0 unspecified atom stereocenters. The molecule has 0 saturated carbocycles. The summed E-state index contributed by atoms with van der Waals surface area (Å²) >= 11 is 0. The van der Waals surface area contributed by atoms with Gasteiger partial charge in [-0.25, -0.2) is 4.98 Å². The molecule has 0 radical (unpaired) electrons. The van der Waals surface area contributed by atoms with Gasteiger partial charge in [-0.15, -0.1) is 0 Å². The number of aromatic amines is 1. The molecule has 0 saturated heterocycles. The molecule has 0 aliphatic carbocycles. The second-order valence-electron chi connectivity index (χ2n) is 5.71. The van der Waals surface area contributed by atoms with Crippen molar-refractivity contribution in [2.75, 3.05) is 19.8 Å². The largest absolute Gasteiger partial charge is 0.486 e. The van der Waals surface area contributed by atoms with Crippen molar-refractivity contribution in [1.29, 1.82) is 0 Å². The molecular weight excluding hydrogens is 298 g/mol. The van der Waals surface area contributed by atoms with E-state index in [1.165, 1.54) is 0 Å². The first kappa shape index (κ1) is 14.1. The Bertz CT molecular complexity index is 743. The molecule has 1 aromatic heterocycles. The van der Waals surface area contributed by atoms with Crippen LogP contribution in [0.3, 0.4) is 0 Å². The van der Waals surface area contributed by atoms with Gasteiger partial charge < -0.3 is 19.6 Å². The van der Waals surface area contributed by atoms with Gasteiger partial charge in [0.05, 0.1) is 12.0 Å². The van der Waals surface area contributed by atoms with E-state index >= 15 is 0 Å². The zero-order valence-corrected chi connectivity index (χ0v) is 12.5. The molecule has 120 valence electrons. The van der Waals surface area contributed by atoms with Gasteiger partial charge in [-0.1, -0.05) is 6.07 Å². The number of nitrogens with one attached hydrogen (secondary N) is 1. The zero-order chi connectivity index (χ0) is 15.8. The average molecular weight is 315 g/mol. The van der Waals surface area contributed by atoms with Crippen LogP contribution in [-0.2, 0) is 17.8 Å². The molecule has 1 atom stereocenters. The van der Waals surface area contributed by atoms with Crippen molar-refractivity contribution in [3.63, 3.8) is 0 Å². The SMILES string of the molecule is O=C(O)[C@@H]1c2nc[nH]c2CCN1Cc1ccc2c(c1)OCCO2. The van der Waals surface area contributed by atoms with Crippen molar-refractivity contribution < 1.29 is 19.4 Å². The fourth-order valence-electron chi connectivity index (χ4n) is 3.19. The molecule has 3 heterocycles. The summed E-state index contributed by atoms with van der Waals surface area (Å²) in [6, 6.07) is 5.03. The number of carboxylic acids is 1. The molecule has 2 aliphatic heterocycles. The quantitative estimate of drug-likeness (QED) is 0.889. The molecule has 0 spiro atoms. The number of H-pyrrole nitrogens is 1. The minimum absolute atomic E-state index is 0.528.